The maximum atomic E-state index is 12.5. The summed E-state index contributed by atoms with van der Waals surface area (Å²) >= 11 is 0. The van der Waals surface area contributed by atoms with Gasteiger partial charge in [-0.2, -0.15) is 0 Å². The average molecular weight is 955 g/mol. The summed E-state index contributed by atoms with van der Waals surface area (Å²) in [4.78, 5) is 24.5. The van der Waals surface area contributed by atoms with Gasteiger partial charge in [0.25, 0.3) is 0 Å². The molecule has 0 saturated heterocycles. The van der Waals surface area contributed by atoms with Gasteiger partial charge in [-0.3, -0.25) is 9.59 Å². The normalized spacial score (nSPS) is 12.9. The lowest BCUT2D eigenvalue weighted by molar-refractivity contribution is -0.143. The van der Waals surface area contributed by atoms with Crippen LogP contribution in [0.4, 0.5) is 0 Å². The number of hydrogen-bond acceptors (Lipinski definition) is 5. The number of esters is 1. The first-order valence-electron chi connectivity index (χ1n) is 29.9. The van der Waals surface area contributed by atoms with Crippen molar-refractivity contribution in [1.82, 2.24) is 5.32 Å². The third-order valence-corrected chi connectivity index (χ3v) is 13.6. The zero-order valence-electron chi connectivity index (χ0n) is 45.3. The molecule has 0 aromatic carbocycles. The van der Waals surface area contributed by atoms with Gasteiger partial charge < -0.3 is 20.3 Å². The highest BCUT2D eigenvalue weighted by Gasteiger charge is 2.18. The van der Waals surface area contributed by atoms with E-state index in [0.717, 1.165) is 64.2 Å². The largest absolute Gasteiger partial charge is 0.466 e. The van der Waals surface area contributed by atoms with Crippen molar-refractivity contribution in [1.29, 1.82) is 0 Å². The molecule has 0 bridgehead atoms. The number of ether oxygens (including phenoxy) is 1. The number of allylic oxidation sites excluding steroid dienone is 7. The molecule has 0 heterocycles. The van der Waals surface area contributed by atoms with Crippen LogP contribution in [0.1, 0.15) is 309 Å². The summed E-state index contributed by atoms with van der Waals surface area (Å²) < 4.78 is 5.47. The van der Waals surface area contributed by atoms with Gasteiger partial charge in [0.05, 0.1) is 25.4 Å². The van der Waals surface area contributed by atoms with Crippen molar-refractivity contribution in [3.05, 3.63) is 48.6 Å². The number of aliphatic hydroxyl groups excluding tert-OH is 2. The molecule has 0 aromatic heterocycles. The molecule has 2 unspecified atom stereocenters. The minimum absolute atomic E-state index is 0.0112. The maximum Gasteiger partial charge on any atom is 0.305 e. The Hall–Kier alpha value is -2.18. The van der Waals surface area contributed by atoms with Crippen molar-refractivity contribution in [3.63, 3.8) is 0 Å². The molecule has 0 aliphatic carbocycles. The summed E-state index contributed by atoms with van der Waals surface area (Å²) in [6.45, 7) is 4.86. The lowest BCUT2D eigenvalue weighted by atomic mass is 10.0. The summed E-state index contributed by atoms with van der Waals surface area (Å²) in [5, 5.41) is 23.1. The van der Waals surface area contributed by atoms with E-state index >= 15 is 0 Å². The third kappa shape index (κ3) is 53.2. The molecular formula is C62H115NO5. The highest BCUT2D eigenvalue weighted by atomic mass is 16.5. The quantitative estimate of drug-likeness (QED) is 0.0321. The number of nitrogens with one attached hydrogen (secondary N) is 1. The van der Waals surface area contributed by atoms with E-state index in [-0.39, 0.29) is 18.5 Å². The van der Waals surface area contributed by atoms with E-state index in [0.29, 0.717) is 19.4 Å². The zero-order chi connectivity index (χ0) is 49.3. The van der Waals surface area contributed by atoms with Gasteiger partial charge in [-0.1, -0.05) is 255 Å². The van der Waals surface area contributed by atoms with Crippen LogP contribution >= 0.6 is 0 Å². The average Bonchev–Trinajstić information content (AvgIpc) is 3.34. The first-order valence-corrected chi connectivity index (χ1v) is 29.9. The molecule has 398 valence electrons. The fourth-order valence-corrected chi connectivity index (χ4v) is 8.95. The molecule has 3 N–H and O–H groups in total. The van der Waals surface area contributed by atoms with E-state index in [1.165, 1.54) is 218 Å². The maximum absolute atomic E-state index is 12.5. The summed E-state index contributed by atoms with van der Waals surface area (Å²) in [6, 6.07) is -0.636. The Labute approximate surface area is 423 Å². The Balaban J connectivity index is 3.48. The Kier molecular flexibility index (Phi) is 55.6. The molecule has 1 amide bonds. The molecule has 0 aromatic rings. The van der Waals surface area contributed by atoms with Gasteiger partial charge in [-0.15, -0.1) is 0 Å². The van der Waals surface area contributed by atoms with Crippen molar-refractivity contribution in [2.75, 3.05) is 13.2 Å². The van der Waals surface area contributed by atoms with E-state index in [1.54, 1.807) is 6.08 Å². The first kappa shape index (κ1) is 65.8. The fourth-order valence-electron chi connectivity index (χ4n) is 8.95. The van der Waals surface area contributed by atoms with Gasteiger partial charge in [0, 0.05) is 12.8 Å². The molecular weight excluding hydrogens is 839 g/mol. The van der Waals surface area contributed by atoms with E-state index in [2.05, 4.69) is 55.6 Å². The molecule has 6 heteroatoms. The van der Waals surface area contributed by atoms with Gasteiger partial charge in [-0.05, 0) is 89.9 Å². The van der Waals surface area contributed by atoms with Crippen molar-refractivity contribution in [3.8, 4) is 0 Å². The molecule has 6 nitrogen and oxygen atoms in total. The molecule has 0 aliphatic rings. The molecule has 68 heavy (non-hydrogen) atoms. The number of rotatable bonds is 55. The van der Waals surface area contributed by atoms with Crippen molar-refractivity contribution in [2.45, 2.75) is 321 Å². The first-order chi connectivity index (χ1) is 33.5. The van der Waals surface area contributed by atoms with Crippen molar-refractivity contribution < 1.29 is 24.5 Å². The van der Waals surface area contributed by atoms with Crippen LogP contribution in [0.25, 0.3) is 0 Å². The Morgan fingerprint density at radius 2 is 0.735 bits per heavy atom. The summed E-state index contributed by atoms with van der Waals surface area (Å²) in [5.74, 6) is -0.0884. The SMILES string of the molecule is CCCCC/C=C\C/C=C\CCCCCCCC(=O)OCCCCCCCCCC/C=C\CCCCCCCCCC(=O)NC(CO)C(O)/C=C/CCCCCCCCCCCCCCCCC. The van der Waals surface area contributed by atoms with Crippen LogP contribution < -0.4 is 5.32 Å². The second-order valence-electron chi connectivity index (χ2n) is 20.3. The van der Waals surface area contributed by atoms with Crippen LogP contribution in [-0.4, -0.2) is 47.4 Å². The molecule has 0 rings (SSSR count). The summed E-state index contributed by atoms with van der Waals surface area (Å²) in [6.07, 6.45) is 72.7. The summed E-state index contributed by atoms with van der Waals surface area (Å²) in [5.41, 5.74) is 0. The lowest BCUT2D eigenvalue weighted by Crippen LogP contribution is -2.45. The predicted molar refractivity (Wildman–Crippen MR) is 296 cm³/mol. The van der Waals surface area contributed by atoms with E-state index in [4.69, 9.17) is 4.74 Å². The topological polar surface area (TPSA) is 95.9 Å². The predicted octanol–water partition coefficient (Wildman–Crippen LogP) is 18.6. The number of aliphatic hydroxyl groups is 2. The third-order valence-electron chi connectivity index (χ3n) is 13.6. The Morgan fingerprint density at radius 1 is 0.412 bits per heavy atom. The van der Waals surface area contributed by atoms with Crippen LogP contribution in [0, 0.1) is 0 Å². The molecule has 0 radical (unpaired) electrons. The number of hydrogen-bond donors (Lipinski definition) is 3. The van der Waals surface area contributed by atoms with Crippen molar-refractivity contribution in [2.24, 2.45) is 0 Å². The Morgan fingerprint density at radius 3 is 1.16 bits per heavy atom. The van der Waals surface area contributed by atoms with Crippen LogP contribution in [0.5, 0.6) is 0 Å². The monoisotopic (exact) mass is 954 g/mol. The van der Waals surface area contributed by atoms with E-state index < -0.39 is 12.1 Å². The molecule has 2 atom stereocenters. The van der Waals surface area contributed by atoms with Crippen LogP contribution in [0.15, 0.2) is 48.6 Å². The smallest absolute Gasteiger partial charge is 0.305 e. The van der Waals surface area contributed by atoms with Crippen molar-refractivity contribution >= 4 is 11.9 Å². The van der Waals surface area contributed by atoms with E-state index in [9.17, 15) is 19.8 Å². The molecule has 0 aliphatic heterocycles. The summed E-state index contributed by atoms with van der Waals surface area (Å²) in [7, 11) is 0. The molecule has 0 spiro atoms. The lowest BCUT2D eigenvalue weighted by Gasteiger charge is -2.20. The minimum atomic E-state index is -0.852. The van der Waals surface area contributed by atoms with E-state index in [1.807, 2.05) is 6.08 Å². The number of amides is 1. The van der Waals surface area contributed by atoms with Crippen LogP contribution in [0.3, 0.4) is 0 Å². The van der Waals surface area contributed by atoms with Gasteiger partial charge in [-0.25, -0.2) is 0 Å². The minimum Gasteiger partial charge on any atom is -0.466 e. The van der Waals surface area contributed by atoms with Crippen LogP contribution in [-0.2, 0) is 14.3 Å². The number of carbonyl (C=O) groups is 2. The van der Waals surface area contributed by atoms with Gasteiger partial charge in [0.2, 0.25) is 5.91 Å². The fraction of sp³-hybridized carbons (Fsp3) is 0.839. The highest BCUT2D eigenvalue weighted by molar-refractivity contribution is 5.76. The standard InChI is InChI=1S/C62H115NO5/c1-3-5-7-9-11-13-15-17-19-23-27-30-34-38-42-46-50-54-60(65)59(58-64)63-61(66)55-51-47-43-39-35-31-28-24-21-20-22-25-29-33-37-41-45-49-53-57-68-62(67)56-52-48-44-40-36-32-26-18-16-14-12-10-8-6-4-2/h12,14,18,20-21,26,50,54,59-60,64-65H,3-11,13,15-17,19,22-25,27-49,51-53,55-58H2,1-2H3,(H,63,66)/b14-12-,21-20-,26-18-,54-50+. The molecule has 0 saturated carbocycles. The zero-order valence-corrected chi connectivity index (χ0v) is 45.3. The highest BCUT2D eigenvalue weighted by Crippen LogP contribution is 2.16. The Bertz CT molecular complexity index is 1150. The van der Waals surface area contributed by atoms with Gasteiger partial charge >= 0.3 is 5.97 Å². The van der Waals surface area contributed by atoms with Gasteiger partial charge in [0.15, 0.2) is 0 Å². The van der Waals surface area contributed by atoms with Gasteiger partial charge in [0.1, 0.15) is 0 Å². The van der Waals surface area contributed by atoms with Crippen LogP contribution in [0.2, 0.25) is 0 Å². The molecule has 0 fully saturated rings. The number of unbranched alkanes of at least 4 members (excludes halogenated alkanes) is 38. The second kappa shape index (κ2) is 57.4. The number of carbonyl (C=O) groups excluding carboxylic acids is 2. The second-order valence-corrected chi connectivity index (χ2v) is 20.3.